The standard InChI is InChI=1S/C9H11Cl2N3O/c1-5(9(15)12-2)14-8-7(11)3-6(10)4-13-8/h3-5H,1-2H3,(H,12,15)(H,13,14). The van der Waals surface area contributed by atoms with Gasteiger partial charge in [-0.05, 0) is 13.0 Å². The van der Waals surface area contributed by atoms with Crippen LogP contribution in [0, 0.1) is 0 Å². The fraction of sp³-hybridized carbons (Fsp3) is 0.333. The minimum atomic E-state index is -0.402. The molecule has 0 radical (unpaired) electrons. The minimum absolute atomic E-state index is 0.136. The number of amides is 1. The molecule has 15 heavy (non-hydrogen) atoms. The van der Waals surface area contributed by atoms with Gasteiger partial charge in [0.05, 0.1) is 10.0 Å². The van der Waals surface area contributed by atoms with Crippen molar-refractivity contribution in [3.8, 4) is 0 Å². The van der Waals surface area contributed by atoms with E-state index in [-0.39, 0.29) is 5.91 Å². The Kier molecular flexibility index (Phi) is 4.17. The van der Waals surface area contributed by atoms with E-state index < -0.39 is 6.04 Å². The summed E-state index contributed by atoms with van der Waals surface area (Å²) in [6.07, 6.45) is 1.46. The predicted molar refractivity (Wildman–Crippen MR) is 61.4 cm³/mol. The SMILES string of the molecule is CNC(=O)C(C)Nc1ncc(Cl)cc1Cl. The molecule has 1 unspecified atom stereocenters. The van der Waals surface area contributed by atoms with Crippen LogP contribution >= 0.6 is 23.2 Å². The van der Waals surface area contributed by atoms with E-state index in [0.717, 1.165) is 0 Å². The number of halogens is 2. The number of nitrogens with zero attached hydrogens (tertiary/aromatic N) is 1. The predicted octanol–water partition coefficient (Wildman–Crippen LogP) is 1.93. The third-order valence-electron chi connectivity index (χ3n) is 1.80. The molecule has 0 aliphatic heterocycles. The van der Waals surface area contributed by atoms with Crippen LogP contribution in [-0.2, 0) is 4.79 Å². The molecule has 1 rings (SSSR count). The summed E-state index contributed by atoms with van der Waals surface area (Å²) in [5, 5.41) is 6.24. The van der Waals surface area contributed by atoms with E-state index >= 15 is 0 Å². The van der Waals surface area contributed by atoms with Crippen LogP contribution in [0.4, 0.5) is 5.82 Å². The van der Waals surface area contributed by atoms with Crippen LogP contribution in [0.2, 0.25) is 10.0 Å². The molecule has 1 amide bonds. The average molecular weight is 248 g/mol. The number of hydrogen-bond acceptors (Lipinski definition) is 3. The van der Waals surface area contributed by atoms with E-state index in [1.54, 1.807) is 20.0 Å². The largest absolute Gasteiger partial charge is 0.357 e. The van der Waals surface area contributed by atoms with Crippen LogP contribution in [0.3, 0.4) is 0 Å². The van der Waals surface area contributed by atoms with Crippen molar-refractivity contribution in [1.29, 1.82) is 0 Å². The van der Waals surface area contributed by atoms with Crippen LogP contribution in [0.15, 0.2) is 12.3 Å². The second-order valence-electron chi connectivity index (χ2n) is 2.96. The van der Waals surface area contributed by atoms with Crippen molar-refractivity contribution < 1.29 is 4.79 Å². The number of aromatic nitrogens is 1. The molecule has 0 fully saturated rings. The van der Waals surface area contributed by atoms with Gasteiger partial charge < -0.3 is 10.6 Å². The lowest BCUT2D eigenvalue weighted by Crippen LogP contribution is -2.35. The van der Waals surface area contributed by atoms with Crippen molar-refractivity contribution >= 4 is 34.9 Å². The highest BCUT2D eigenvalue weighted by Crippen LogP contribution is 2.22. The van der Waals surface area contributed by atoms with E-state index in [1.807, 2.05) is 0 Å². The highest BCUT2D eigenvalue weighted by Gasteiger charge is 2.12. The number of rotatable bonds is 3. The monoisotopic (exact) mass is 247 g/mol. The normalized spacial score (nSPS) is 12.0. The summed E-state index contributed by atoms with van der Waals surface area (Å²) in [6, 6.07) is 1.16. The van der Waals surface area contributed by atoms with E-state index in [9.17, 15) is 4.79 Å². The van der Waals surface area contributed by atoms with E-state index in [0.29, 0.717) is 15.9 Å². The second kappa shape index (κ2) is 5.19. The van der Waals surface area contributed by atoms with Crippen LogP contribution < -0.4 is 10.6 Å². The molecular weight excluding hydrogens is 237 g/mol. The topological polar surface area (TPSA) is 54.0 Å². The molecular formula is C9H11Cl2N3O. The molecule has 82 valence electrons. The molecule has 0 aliphatic carbocycles. The van der Waals surface area contributed by atoms with E-state index in [2.05, 4.69) is 15.6 Å². The summed E-state index contributed by atoms with van der Waals surface area (Å²) >= 11 is 11.6. The van der Waals surface area contributed by atoms with Gasteiger partial charge in [-0.15, -0.1) is 0 Å². The fourth-order valence-corrected chi connectivity index (χ4v) is 1.44. The first-order valence-electron chi connectivity index (χ1n) is 4.33. The van der Waals surface area contributed by atoms with Gasteiger partial charge in [-0.1, -0.05) is 23.2 Å². The Labute approximate surface area is 98.0 Å². The molecule has 6 heteroatoms. The van der Waals surface area contributed by atoms with Gasteiger partial charge in [-0.3, -0.25) is 4.79 Å². The highest BCUT2D eigenvalue weighted by atomic mass is 35.5. The lowest BCUT2D eigenvalue weighted by atomic mass is 10.3. The number of hydrogen-bond donors (Lipinski definition) is 2. The minimum Gasteiger partial charge on any atom is -0.357 e. The quantitative estimate of drug-likeness (QED) is 0.859. The maximum absolute atomic E-state index is 11.2. The van der Waals surface area contributed by atoms with Crippen LogP contribution in [-0.4, -0.2) is 24.0 Å². The first-order valence-corrected chi connectivity index (χ1v) is 5.09. The third-order valence-corrected chi connectivity index (χ3v) is 2.30. The van der Waals surface area contributed by atoms with Gasteiger partial charge in [0, 0.05) is 13.2 Å². The molecule has 0 aliphatic rings. The highest BCUT2D eigenvalue weighted by molar-refractivity contribution is 6.36. The maximum Gasteiger partial charge on any atom is 0.241 e. The Hall–Kier alpha value is -1.000. The molecule has 0 spiro atoms. The number of likely N-dealkylation sites (N-methyl/N-ethyl adjacent to an activating group) is 1. The van der Waals surface area contributed by atoms with Crippen molar-refractivity contribution in [1.82, 2.24) is 10.3 Å². The van der Waals surface area contributed by atoms with Gasteiger partial charge in [-0.25, -0.2) is 4.98 Å². The molecule has 0 saturated heterocycles. The summed E-state index contributed by atoms with van der Waals surface area (Å²) in [7, 11) is 1.57. The van der Waals surface area contributed by atoms with Crippen LogP contribution in [0.5, 0.6) is 0 Å². The van der Waals surface area contributed by atoms with E-state index in [1.165, 1.54) is 6.20 Å². The van der Waals surface area contributed by atoms with Crippen molar-refractivity contribution in [3.05, 3.63) is 22.3 Å². The Morgan fingerprint density at radius 2 is 2.20 bits per heavy atom. The lowest BCUT2D eigenvalue weighted by molar-refractivity contribution is -0.121. The summed E-state index contributed by atoms with van der Waals surface area (Å²) in [5.74, 6) is 0.306. The molecule has 1 heterocycles. The zero-order valence-electron chi connectivity index (χ0n) is 8.34. The number of anilines is 1. The van der Waals surface area contributed by atoms with E-state index in [4.69, 9.17) is 23.2 Å². The Bertz CT molecular complexity index is 370. The smallest absolute Gasteiger partial charge is 0.241 e. The number of carbonyl (C=O) groups is 1. The van der Waals surface area contributed by atoms with Gasteiger partial charge in [-0.2, -0.15) is 0 Å². The van der Waals surface area contributed by atoms with Crippen molar-refractivity contribution in [2.24, 2.45) is 0 Å². The molecule has 4 nitrogen and oxygen atoms in total. The Balaban J connectivity index is 2.76. The van der Waals surface area contributed by atoms with Crippen molar-refractivity contribution in [2.75, 3.05) is 12.4 Å². The first kappa shape index (κ1) is 12.1. The number of nitrogens with one attached hydrogen (secondary N) is 2. The maximum atomic E-state index is 11.2. The fourth-order valence-electron chi connectivity index (χ4n) is 1.01. The molecule has 0 saturated carbocycles. The van der Waals surface area contributed by atoms with Gasteiger partial charge in [0.15, 0.2) is 0 Å². The molecule has 0 aromatic carbocycles. The lowest BCUT2D eigenvalue weighted by Gasteiger charge is -2.13. The number of pyridine rings is 1. The summed E-state index contributed by atoms with van der Waals surface area (Å²) in [5.41, 5.74) is 0. The van der Waals surface area contributed by atoms with Crippen molar-refractivity contribution in [3.63, 3.8) is 0 Å². The molecule has 1 aromatic heterocycles. The molecule has 2 N–H and O–H groups in total. The molecule has 0 bridgehead atoms. The molecule has 1 atom stereocenters. The van der Waals surface area contributed by atoms with Gasteiger partial charge >= 0.3 is 0 Å². The van der Waals surface area contributed by atoms with Gasteiger partial charge in [0.1, 0.15) is 11.9 Å². The summed E-state index contributed by atoms with van der Waals surface area (Å²) < 4.78 is 0. The zero-order chi connectivity index (χ0) is 11.4. The van der Waals surface area contributed by atoms with Crippen LogP contribution in [0.1, 0.15) is 6.92 Å². The number of carbonyl (C=O) groups excluding carboxylic acids is 1. The summed E-state index contributed by atoms with van der Waals surface area (Å²) in [4.78, 5) is 15.2. The summed E-state index contributed by atoms with van der Waals surface area (Å²) in [6.45, 7) is 1.71. The third kappa shape index (κ3) is 3.25. The first-order chi connectivity index (χ1) is 7.04. The van der Waals surface area contributed by atoms with Crippen LogP contribution in [0.25, 0.3) is 0 Å². The Morgan fingerprint density at radius 1 is 1.53 bits per heavy atom. The Morgan fingerprint density at radius 3 is 2.73 bits per heavy atom. The van der Waals surface area contributed by atoms with Crippen molar-refractivity contribution in [2.45, 2.75) is 13.0 Å². The molecule has 1 aromatic rings. The second-order valence-corrected chi connectivity index (χ2v) is 3.81. The zero-order valence-corrected chi connectivity index (χ0v) is 9.86. The van der Waals surface area contributed by atoms with Gasteiger partial charge in [0.2, 0.25) is 5.91 Å². The van der Waals surface area contributed by atoms with Gasteiger partial charge in [0.25, 0.3) is 0 Å². The average Bonchev–Trinajstić information content (AvgIpc) is 2.20.